The molecule has 5 nitrogen and oxygen atoms in total. The second-order valence-electron chi connectivity index (χ2n) is 5.20. The number of carbonyl (C=O) groups is 1. The number of hydrogen-bond acceptors (Lipinski definition) is 3. The monoisotopic (exact) mass is 266 g/mol. The molecule has 0 aliphatic carbocycles. The van der Waals surface area contributed by atoms with E-state index in [0.29, 0.717) is 19.6 Å². The lowest BCUT2D eigenvalue weighted by atomic mass is 10.1. The van der Waals surface area contributed by atoms with E-state index in [0.717, 1.165) is 0 Å². The molecule has 19 heavy (non-hydrogen) atoms. The Morgan fingerprint density at radius 3 is 2.63 bits per heavy atom. The number of rotatable bonds is 6. The van der Waals surface area contributed by atoms with E-state index in [1.165, 1.54) is 10.6 Å². The second-order valence-corrected chi connectivity index (χ2v) is 5.20. The highest BCUT2D eigenvalue weighted by molar-refractivity contribution is 5.76. The highest BCUT2D eigenvalue weighted by atomic mass is 16.3. The molecule has 106 valence electrons. The Morgan fingerprint density at radius 2 is 2.11 bits per heavy atom. The zero-order chi connectivity index (χ0) is 14.5. The van der Waals surface area contributed by atoms with Crippen LogP contribution in [-0.4, -0.2) is 39.2 Å². The average molecular weight is 266 g/mol. The molecule has 5 heteroatoms. The van der Waals surface area contributed by atoms with Gasteiger partial charge in [-0.15, -0.1) is 0 Å². The van der Waals surface area contributed by atoms with Gasteiger partial charge in [-0.1, -0.05) is 6.07 Å². The Kier molecular flexibility index (Phi) is 5.30. The van der Waals surface area contributed by atoms with Crippen LogP contribution in [0.25, 0.3) is 0 Å². The number of amides is 1. The molecule has 1 heterocycles. The van der Waals surface area contributed by atoms with Crippen molar-refractivity contribution in [2.24, 2.45) is 0 Å². The molecule has 0 aliphatic heterocycles. The van der Waals surface area contributed by atoms with Crippen LogP contribution >= 0.6 is 0 Å². The van der Waals surface area contributed by atoms with Crippen LogP contribution in [0.4, 0.5) is 0 Å². The van der Waals surface area contributed by atoms with Gasteiger partial charge in [0.25, 0.3) is 5.56 Å². The third-order valence-electron chi connectivity index (χ3n) is 2.78. The lowest BCUT2D eigenvalue weighted by Gasteiger charge is -2.28. The molecule has 1 amide bonds. The molecule has 0 radical (unpaired) electrons. The van der Waals surface area contributed by atoms with Crippen molar-refractivity contribution in [3.8, 4) is 0 Å². The maximum absolute atomic E-state index is 12.0. The minimum Gasteiger partial charge on any atom is -0.389 e. The lowest BCUT2D eigenvalue weighted by Crippen LogP contribution is -2.42. The fourth-order valence-electron chi connectivity index (χ4n) is 1.86. The van der Waals surface area contributed by atoms with E-state index in [1.54, 1.807) is 37.1 Å². The highest BCUT2D eigenvalue weighted by Gasteiger charge is 2.20. The van der Waals surface area contributed by atoms with Gasteiger partial charge in [-0.3, -0.25) is 9.59 Å². The molecular weight excluding hydrogens is 244 g/mol. The third-order valence-corrected chi connectivity index (χ3v) is 2.78. The minimum absolute atomic E-state index is 0.0552. The van der Waals surface area contributed by atoms with Crippen LogP contribution in [0.15, 0.2) is 29.2 Å². The largest absolute Gasteiger partial charge is 0.389 e. The molecular formula is C14H22N2O3. The predicted octanol–water partition coefficient (Wildman–Crippen LogP) is 0.858. The van der Waals surface area contributed by atoms with Crippen LogP contribution in [0.2, 0.25) is 0 Å². The van der Waals surface area contributed by atoms with Gasteiger partial charge in [-0.05, 0) is 26.8 Å². The summed E-state index contributed by atoms with van der Waals surface area (Å²) in [5.41, 5.74) is -1.02. The van der Waals surface area contributed by atoms with Crippen molar-refractivity contribution in [2.45, 2.75) is 39.3 Å². The first-order valence-electron chi connectivity index (χ1n) is 6.49. The molecule has 0 atom stereocenters. The highest BCUT2D eigenvalue weighted by Crippen LogP contribution is 2.06. The SMILES string of the molecule is CCN(CC(C)(C)O)C(=O)CCn1ccccc1=O. The van der Waals surface area contributed by atoms with Gasteiger partial charge in [0, 0.05) is 38.3 Å². The van der Waals surface area contributed by atoms with Crippen molar-refractivity contribution >= 4 is 5.91 Å². The van der Waals surface area contributed by atoms with Crippen LogP contribution in [0.5, 0.6) is 0 Å². The Hall–Kier alpha value is -1.62. The molecule has 0 aromatic carbocycles. The maximum atomic E-state index is 12.0. The van der Waals surface area contributed by atoms with Gasteiger partial charge in [0.2, 0.25) is 5.91 Å². The van der Waals surface area contributed by atoms with E-state index in [2.05, 4.69) is 0 Å². The van der Waals surface area contributed by atoms with Gasteiger partial charge >= 0.3 is 0 Å². The van der Waals surface area contributed by atoms with E-state index in [9.17, 15) is 14.7 Å². The Morgan fingerprint density at radius 1 is 1.42 bits per heavy atom. The zero-order valence-corrected chi connectivity index (χ0v) is 11.8. The van der Waals surface area contributed by atoms with Crippen molar-refractivity contribution in [2.75, 3.05) is 13.1 Å². The van der Waals surface area contributed by atoms with Crippen LogP contribution < -0.4 is 5.56 Å². The van der Waals surface area contributed by atoms with Crippen molar-refractivity contribution in [3.63, 3.8) is 0 Å². The number of pyridine rings is 1. The number of likely N-dealkylation sites (N-methyl/N-ethyl adjacent to an activating group) is 1. The topological polar surface area (TPSA) is 62.5 Å². The smallest absolute Gasteiger partial charge is 0.250 e. The van der Waals surface area contributed by atoms with E-state index >= 15 is 0 Å². The summed E-state index contributed by atoms with van der Waals surface area (Å²) in [6.07, 6.45) is 1.93. The molecule has 0 saturated carbocycles. The average Bonchev–Trinajstić information content (AvgIpc) is 2.33. The van der Waals surface area contributed by atoms with Gasteiger partial charge in [-0.25, -0.2) is 0 Å². The molecule has 0 unspecified atom stereocenters. The molecule has 0 bridgehead atoms. The summed E-state index contributed by atoms with van der Waals surface area (Å²) in [4.78, 5) is 25.1. The lowest BCUT2D eigenvalue weighted by molar-refractivity contribution is -0.134. The number of aromatic nitrogens is 1. The van der Waals surface area contributed by atoms with Crippen LogP contribution in [0.3, 0.4) is 0 Å². The minimum atomic E-state index is -0.907. The molecule has 0 aliphatic rings. The third kappa shape index (κ3) is 5.26. The molecule has 1 rings (SSSR count). The zero-order valence-electron chi connectivity index (χ0n) is 11.8. The van der Waals surface area contributed by atoms with Gasteiger partial charge < -0.3 is 14.6 Å². The normalized spacial score (nSPS) is 11.4. The van der Waals surface area contributed by atoms with E-state index in [1.807, 2.05) is 6.92 Å². The molecule has 1 aromatic heterocycles. The summed E-state index contributed by atoms with van der Waals surface area (Å²) in [7, 11) is 0. The summed E-state index contributed by atoms with van der Waals surface area (Å²) >= 11 is 0. The molecule has 0 fully saturated rings. The first kappa shape index (κ1) is 15.4. The first-order chi connectivity index (χ1) is 8.83. The standard InChI is InChI=1S/C14H22N2O3/c1-4-15(11-14(2,3)19)13(18)8-10-16-9-6-5-7-12(16)17/h5-7,9,19H,4,8,10-11H2,1-3H3. The van der Waals surface area contributed by atoms with Crippen molar-refractivity contribution in [3.05, 3.63) is 34.7 Å². The van der Waals surface area contributed by atoms with Gasteiger partial charge in [0.05, 0.1) is 5.60 Å². The van der Waals surface area contributed by atoms with Crippen LogP contribution in [0, 0.1) is 0 Å². The van der Waals surface area contributed by atoms with Crippen molar-refractivity contribution < 1.29 is 9.90 Å². The summed E-state index contributed by atoms with van der Waals surface area (Å²) in [5, 5.41) is 9.75. The number of nitrogens with zero attached hydrogens (tertiary/aromatic N) is 2. The molecule has 1 aromatic rings. The predicted molar refractivity (Wildman–Crippen MR) is 73.9 cm³/mol. The number of aryl methyl sites for hydroxylation is 1. The van der Waals surface area contributed by atoms with Crippen molar-refractivity contribution in [1.82, 2.24) is 9.47 Å². The van der Waals surface area contributed by atoms with Gasteiger partial charge in [-0.2, -0.15) is 0 Å². The number of aliphatic hydroxyl groups is 1. The van der Waals surface area contributed by atoms with Crippen LogP contribution in [0.1, 0.15) is 27.2 Å². The van der Waals surface area contributed by atoms with Gasteiger partial charge in [0.1, 0.15) is 0 Å². The maximum Gasteiger partial charge on any atom is 0.250 e. The van der Waals surface area contributed by atoms with E-state index in [4.69, 9.17) is 0 Å². The van der Waals surface area contributed by atoms with Gasteiger partial charge in [0.15, 0.2) is 0 Å². The van der Waals surface area contributed by atoms with E-state index in [-0.39, 0.29) is 17.9 Å². The molecule has 1 N–H and O–H groups in total. The Balaban J connectivity index is 2.59. The molecule has 0 saturated heterocycles. The summed E-state index contributed by atoms with van der Waals surface area (Å²) in [6, 6.07) is 4.91. The fraction of sp³-hybridized carbons (Fsp3) is 0.571. The number of carbonyl (C=O) groups excluding carboxylic acids is 1. The summed E-state index contributed by atoms with van der Waals surface area (Å²) in [6.45, 7) is 6.42. The Labute approximate surface area is 113 Å². The van der Waals surface area contributed by atoms with Crippen molar-refractivity contribution in [1.29, 1.82) is 0 Å². The second kappa shape index (κ2) is 6.52. The first-order valence-corrected chi connectivity index (χ1v) is 6.49. The van der Waals surface area contributed by atoms with E-state index < -0.39 is 5.60 Å². The quantitative estimate of drug-likeness (QED) is 0.830. The fourth-order valence-corrected chi connectivity index (χ4v) is 1.86. The van der Waals surface area contributed by atoms with Crippen LogP contribution in [-0.2, 0) is 11.3 Å². The number of hydrogen-bond donors (Lipinski definition) is 1. The summed E-state index contributed by atoms with van der Waals surface area (Å²) in [5.74, 6) is -0.0552. The molecule has 0 spiro atoms. The summed E-state index contributed by atoms with van der Waals surface area (Å²) < 4.78 is 1.51. The Bertz CT molecular complexity index is 474.